The first kappa shape index (κ1) is 22.8. The summed E-state index contributed by atoms with van der Waals surface area (Å²) in [6.07, 6.45) is 0. The zero-order valence-electron chi connectivity index (χ0n) is 16.9. The van der Waals surface area contributed by atoms with Gasteiger partial charge in [-0.1, -0.05) is 19.9 Å². The third kappa shape index (κ3) is 6.85. The normalized spacial score (nSPS) is 10.1. The third-order valence-electron chi connectivity index (χ3n) is 3.86. The molecule has 0 heterocycles. The molecular formula is C21H24N4O4S. The highest BCUT2D eigenvalue weighted by Crippen LogP contribution is 2.13. The van der Waals surface area contributed by atoms with Gasteiger partial charge in [-0.3, -0.25) is 30.6 Å². The van der Waals surface area contributed by atoms with E-state index in [9.17, 15) is 14.4 Å². The Morgan fingerprint density at radius 3 is 2.30 bits per heavy atom. The molecule has 8 nitrogen and oxygen atoms in total. The minimum atomic E-state index is -0.452. The Morgan fingerprint density at radius 2 is 1.67 bits per heavy atom. The predicted octanol–water partition coefficient (Wildman–Crippen LogP) is 2.63. The summed E-state index contributed by atoms with van der Waals surface area (Å²) in [6.45, 7) is 5.92. The van der Waals surface area contributed by atoms with E-state index in [2.05, 4.69) is 21.5 Å². The quantitative estimate of drug-likeness (QED) is 0.416. The molecule has 0 atom stereocenters. The number of rotatable bonds is 6. The van der Waals surface area contributed by atoms with Crippen LogP contribution in [0.3, 0.4) is 0 Å². The van der Waals surface area contributed by atoms with Gasteiger partial charge in [-0.05, 0) is 61.6 Å². The van der Waals surface area contributed by atoms with Crippen LogP contribution in [0.5, 0.6) is 5.75 Å². The lowest BCUT2D eigenvalue weighted by Crippen LogP contribution is -2.48. The highest BCUT2D eigenvalue weighted by atomic mass is 32.1. The molecule has 2 aromatic rings. The third-order valence-corrected chi connectivity index (χ3v) is 4.07. The standard InChI is InChI=1S/C21H24N4O4S/c1-4-29-17-7-5-6-15(12-17)19(27)23-21(30)25-24-20(28)14-8-10-16(11-9-14)22-18(26)13(2)3/h5-13H,4H2,1-3H3,(H,22,26)(H,24,28)(H2,23,25,27,30). The molecule has 3 amide bonds. The van der Waals surface area contributed by atoms with Gasteiger partial charge < -0.3 is 10.1 Å². The summed E-state index contributed by atoms with van der Waals surface area (Å²) in [6, 6.07) is 13.0. The fourth-order valence-corrected chi connectivity index (χ4v) is 2.42. The van der Waals surface area contributed by atoms with E-state index in [1.54, 1.807) is 62.4 Å². The molecule has 30 heavy (non-hydrogen) atoms. The molecule has 0 aliphatic heterocycles. The summed E-state index contributed by atoms with van der Waals surface area (Å²) in [4.78, 5) is 36.2. The van der Waals surface area contributed by atoms with Crippen molar-refractivity contribution in [3.8, 4) is 5.75 Å². The molecule has 0 bridgehead atoms. The number of nitrogens with one attached hydrogen (secondary N) is 4. The van der Waals surface area contributed by atoms with Gasteiger partial charge in [0.1, 0.15) is 5.75 Å². The molecule has 9 heteroatoms. The fourth-order valence-electron chi connectivity index (χ4n) is 2.28. The minimum Gasteiger partial charge on any atom is -0.494 e. The van der Waals surface area contributed by atoms with Crippen LogP contribution in [-0.2, 0) is 4.79 Å². The highest BCUT2D eigenvalue weighted by Gasteiger charge is 2.11. The predicted molar refractivity (Wildman–Crippen MR) is 118 cm³/mol. The van der Waals surface area contributed by atoms with E-state index in [0.29, 0.717) is 29.2 Å². The zero-order chi connectivity index (χ0) is 22.1. The van der Waals surface area contributed by atoms with Crippen LogP contribution >= 0.6 is 12.2 Å². The SMILES string of the molecule is CCOc1cccc(C(=O)NC(=S)NNC(=O)c2ccc(NC(=O)C(C)C)cc2)c1. The van der Waals surface area contributed by atoms with Crippen LogP contribution in [0.2, 0.25) is 0 Å². The monoisotopic (exact) mass is 428 g/mol. The van der Waals surface area contributed by atoms with Crippen LogP contribution in [0.25, 0.3) is 0 Å². The Bertz CT molecular complexity index is 929. The Balaban J connectivity index is 1.85. The molecule has 0 fully saturated rings. The van der Waals surface area contributed by atoms with E-state index in [4.69, 9.17) is 17.0 Å². The van der Waals surface area contributed by atoms with E-state index < -0.39 is 11.8 Å². The summed E-state index contributed by atoms with van der Waals surface area (Å²) in [5, 5.41) is 5.16. The second-order valence-electron chi connectivity index (χ2n) is 6.54. The van der Waals surface area contributed by atoms with Gasteiger partial charge in [0.05, 0.1) is 6.61 Å². The van der Waals surface area contributed by atoms with Crippen LogP contribution in [0.1, 0.15) is 41.5 Å². The number of anilines is 1. The Hall–Kier alpha value is -3.46. The largest absolute Gasteiger partial charge is 0.494 e. The number of ether oxygens (including phenoxy) is 1. The molecule has 0 saturated heterocycles. The lowest BCUT2D eigenvalue weighted by atomic mass is 10.1. The zero-order valence-corrected chi connectivity index (χ0v) is 17.8. The molecule has 0 aliphatic rings. The summed E-state index contributed by atoms with van der Waals surface area (Å²) in [7, 11) is 0. The van der Waals surface area contributed by atoms with Crippen LogP contribution < -0.4 is 26.2 Å². The van der Waals surface area contributed by atoms with Gasteiger partial charge >= 0.3 is 0 Å². The van der Waals surface area contributed by atoms with Crippen molar-refractivity contribution in [2.24, 2.45) is 5.92 Å². The molecule has 0 aromatic heterocycles. The second kappa shape index (κ2) is 10.9. The molecule has 0 saturated carbocycles. The minimum absolute atomic E-state index is 0.0593. The second-order valence-corrected chi connectivity index (χ2v) is 6.95. The van der Waals surface area contributed by atoms with Gasteiger partial charge in [-0.2, -0.15) is 0 Å². The van der Waals surface area contributed by atoms with Crippen molar-refractivity contribution in [2.75, 3.05) is 11.9 Å². The first-order valence-corrected chi connectivity index (χ1v) is 9.76. The number of thiocarbonyl (C=S) groups is 1. The number of carbonyl (C=O) groups is 3. The number of hydrogen-bond acceptors (Lipinski definition) is 5. The Morgan fingerprint density at radius 1 is 0.967 bits per heavy atom. The van der Waals surface area contributed by atoms with Crippen molar-refractivity contribution in [3.63, 3.8) is 0 Å². The van der Waals surface area contributed by atoms with Gasteiger partial charge in [-0.25, -0.2) is 0 Å². The number of hydrazine groups is 1. The number of benzene rings is 2. The van der Waals surface area contributed by atoms with Crippen LogP contribution in [0.4, 0.5) is 5.69 Å². The summed E-state index contributed by atoms with van der Waals surface area (Å²) in [5.41, 5.74) is 6.21. The smallest absolute Gasteiger partial charge is 0.269 e. The van der Waals surface area contributed by atoms with Crippen molar-refractivity contribution in [1.82, 2.24) is 16.2 Å². The van der Waals surface area contributed by atoms with Crippen molar-refractivity contribution in [2.45, 2.75) is 20.8 Å². The van der Waals surface area contributed by atoms with Crippen LogP contribution in [-0.4, -0.2) is 29.4 Å². The van der Waals surface area contributed by atoms with E-state index in [1.165, 1.54) is 0 Å². The summed E-state index contributed by atoms with van der Waals surface area (Å²) >= 11 is 5.04. The molecule has 158 valence electrons. The van der Waals surface area contributed by atoms with E-state index in [0.717, 1.165) is 0 Å². The number of carbonyl (C=O) groups excluding carboxylic acids is 3. The fraction of sp³-hybridized carbons (Fsp3) is 0.238. The maximum Gasteiger partial charge on any atom is 0.269 e. The first-order chi connectivity index (χ1) is 14.3. The first-order valence-electron chi connectivity index (χ1n) is 9.35. The van der Waals surface area contributed by atoms with Gasteiger partial charge in [0.2, 0.25) is 5.91 Å². The summed E-state index contributed by atoms with van der Waals surface area (Å²) in [5.74, 6) is -0.567. The Labute approximate surface area is 180 Å². The molecular weight excluding hydrogens is 404 g/mol. The van der Waals surface area contributed by atoms with Gasteiger partial charge in [-0.15, -0.1) is 0 Å². The van der Waals surface area contributed by atoms with Crippen molar-refractivity contribution in [1.29, 1.82) is 0 Å². The average molecular weight is 429 g/mol. The molecule has 2 aromatic carbocycles. The highest BCUT2D eigenvalue weighted by molar-refractivity contribution is 7.80. The molecule has 0 unspecified atom stereocenters. The van der Waals surface area contributed by atoms with Crippen molar-refractivity contribution in [3.05, 3.63) is 59.7 Å². The maximum absolute atomic E-state index is 12.3. The average Bonchev–Trinajstić information content (AvgIpc) is 2.73. The topological polar surface area (TPSA) is 109 Å². The van der Waals surface area contributed by atoms with Crippen LogP contribution in [0, 0.1) is 5.92 Å². The maximum atomic E-state index is 12.3. The van der Waals surface area contributed by atoms with Crippen molar-refractivity contribution < 1.29 is 19.1 Å². The van der Waals surface area contributed by atoms with Crippen LogP contribution in [0.15, 0.2) is 48.5 Å². The van der Waals surface area contributed by atoms with Gasteiger partial charge in [0, 0.05) is 22.7 Å². The van der Waals surface area contributed by atoms with Crippen molar-refractivity contribution >= 4 is 40.7 Å². The summed E-state index contributed by atoms with van der Waals surface area (Å²) < 4.78 is 5.36. The molecule has 2 rings (SSSR count). The molecule has 0 aliphatic carbocycles. The molecule has 0 radical (unpaired) electrons. The number of amides is 3. The lowest BCUT2D eigenvalue weighted by molar-refractivity contribution is -0.118. The van der Waals surface area contributed by atoms with Gasteiger partial charge in [0.15, 0.2) is 5.11 Å². The Kier molecular flexibility index (Phi) is 8.30. The van der Waals surface area contributed by atoms with E-state index in [-0.39, 0.29) is 16.9 Å². The lowest BCUT2D eigenvalue weighted by Gasteiger charge is -2.12. The van der Waals surface area contributed by atoms with E-state index >= 15 is 0 Å². The number of hydrogen-bond donors (Lipinski definition) is 4. The molecule has 0 spiro atoms. The van der Waals surface area contributed by atoms with E-state index in [1.807, 2.05) is 6.92 Å². The molecule has 4 N–H and O–H groups in total. The van der Waals surface area contributed by atoms with Gasteiger partial charge in [0.25, 0.3) is 11.8 Å².